The predicted octanol–water partition coefficient (Wildman–Crippen LogP) is 3.92. The molecule has 1 atom stereocenters. The fourth-order valence-electron chi connectivity index (χ4n) is 2.27. The highest BCUT2D eigenvalue weighted by Crippen LogP contribution is 2.26. The molecule has 0 aliphatic rings. The van der Waals surface area contributed by atoms with E-state index in [4.69, 9.17) is 23.7 Å². The largest absolute Gasteiger partial charge is 0.465 e. The first-order valence-electron chi connectivity index (χ1n) is 9.71. The van der Waals surface area contributed by atoms with Crippen molar-refractivity contribution in [1.82, 2.24) is 0 Å². The Morgan fingerprint density at radius 3 is 1.90 bits per heavy atom. The summed E-state index contributed by atoms with van der Waals surface area (Å²) in [5, 5.41) is 0. The molecule has 1 aromatic carbocycles. The van der Waals surface area contributed by atoms with Gasteiger partial charge in [-0.25, -0.2) is 9.59 Å². The molecule has 0 N–H and O–H groups in total. The van der Waals surface area contributed by atoms with E-state index in [0.717, 1.165) is 5.56 Å². The summed E-state index contributed by atoms with van der Waals surface area (Å²) in [6.07, 6.45) is -0.508. The van der Waals surface area contributed by atoms with Crippen LogP contribution in [0, 0.1) is 0 Å². The van der Waals surface area contributed by atoms with E-state index in [-0.39, 0.29) is 26.4 Å². The first kappa shape index (κ1) is 25.4. The van der Waals surface area contributed by atoms with Crippen molar-refractivity contribution in [2.45, 2.75) is 46.5 Å². The first-order chi connectivity index (χ1) is 14.0. The molecule has 0 fully saturated rings. The van der Waals surface area contributed by atoms with Crippen molar-refractivity contribution in [3.05, 3.63) is 54.1 Å². The molecule has 0 radical (unpaired) electrons. The van der Waals surface area contributed by atoms with E-state index in [0.29, 0.717) is 16.9 Å². The summed E-state index contributed by atoms with van der Waals surface area (Å²) in [6, 6.07) is 7.44. The molecule has 0 bridgehead atoms. The number of carbonyl (C=O) groups excluding carboxylic acids is 2. The monoisotopic (exact) mass is 420 g/mol. The van der Waals surface area contributed by atoms with Crippen LogP contribution in [0.2, 0.25) is 0 Å². The second kappa shape index (κ2) is 12.1. The van der Waals surface area contributed by atoms with Crippen LogP contribution < -0.4 is 4.74 Å². The Hall–Kier alpha value is -2.64. The van der Waals surface area contributed by atoms with Gasteiger partial charge in [-0.1, -0.05) is 25.3 Å². The molecule has 7 nitrogen and oxygen atoms in total. The van der Waals surface area contributed by atoms with Crippen molar-refractivity contribution in [3.8, 4) is 5.75 Å². The summed E-state index contributed by atoms with van der Waals surface area (Å²) >= 11 is 0. The molecule has 30 heavy (non-hydrogen) atoms. The maximum Gasteiger partial charge on any atom is 0.333 e. The van der Waals surface area contributed by atoms with Crippen molar-refractivity contribution >= 4 is 11.9 Å². The SMILES string of the molecule is C=C(C)C(=O)OCCOC(C)Oc1ccc(C(C)(C)OCCOC(=O)C(=C)C)cc1. The van der Waals surface area contributed by atoms with E-state index in [1.807, 2.05) is 38.1 Å². The van der Waals surface area contributed by atoms with Crippen molar-refractivity contribution in [3.63, 3.8) is 0 Å². The molecular formula is C23H32O7. The molecule has 0 aliphatic heterocycles. The molecule has 166 valence electrons. The number of benzene rings is 1. The molecule has 0 aliphatic carbocycles. The number of hydrogen-bond acceptors (Lipinski definition) is 7. The Balaban J connectivity index is 2.41. The van der Waals surface area contributed by atoms with E-state index in [1.54, 1.807) is 20.8 Å². The van der Waals surface area contributed by atoms with Crippen LogP contribution in [-0.2, 0) is 34.1 Å². The smallest absolute Gasteiger partial charge is 0.333 e. The second-order valence-corrected chi connectivity index (χ2v) is 7.27. The number of ether oxygens (including phenoxy) is 5. The van der Waals surface area contributed by atoms with Crippen molar-refractivity contribution < 1.29 is 33.3 Å². The maximum absolute atomic E-state index is 11.4. The van der Waals surface area contributed by atoms with Gasteiger partial charge in [0.05, 0.1) is 18.8 Å². The van der Waals surface area contributed by atoms with Gasteiger partial charge in [0.15, 0.2) is 6.29 Å². The lowest BCUT2D eigenvalue weighted by Crippen LogP contribution is -2.24. The van der Waals surface area contributed by atoms with Gasteiger partial charge in [-0.15, -0.1) is 0 Å². The van der Waals surface area contributed by atoms with Gasteiger partial charge in [-0.2, -0.15) is 0 Å². The van der Waals surface area contributed by atoms with E-state index in [1.165, 1.54) is 0 Å². The number of hydrogen-bond donors (Lipinski definition) is 0. The van der Waals surface area contributed by atoms with Crippen LogP contribution in [-0.4, -0.2) is 44.7 Å². The normalized spacial score (nSPS) is 12.0. The summed E-state index contributed by atoms with van der Waals surface area (Å²) in [5.74, 6) is -0.235. The lowest BCUT2D eigenvalue weighted by Gasteiger charge is -2.26. The lowest BCUT2D eigenvalue weighted by molar-refractivity contribution is -0.144. The first-order valence-corrected chi connectivity index (χ1v) is 9.71. The van der Waals surface area contributed by atoms with Crippen molar-refractivity contribution in [1.29, 1.82) is 0 Å². The highest BCUT2D eigenvalue weighted by Gasteiger charge is 2.21. The Labute approximate surface area is 178 Å². The molecule has 0 spiro atoms. The summed E-state index contributed by atoms with van der Waals surface area (Å²) in [6.45, 7) is 16.6. The fraction of sp³-hybridized carbons (Fsp3) is 0.478. The molecule has 0 saturated carbocycles. The number of esters is 2. The third-order valence-electron chi connectivity index (χ3n) is 4.00. The third kappa shape index (κ3) is 9.24. The average Bonchev–Trinajstić information content (AvgIpc) is 2.68. The standard InChI is InChI=1S/C23H32O7/c1-16(2)21(24)27-13-12-26-18(5)30-20-10-8-19(9-11-20)23(6,7)29-15-14-28-22(25)17(3)4/h8-11,18H,1,3,12-15H2,2,4-7H3. The van der Waals surface area contributed by atoms with E-state index in [2.05, 4.69) is 13.2 Å². The minimum Gasteiger partial charge on any atom is -0.465 e. The summed E-state index contributed by atoms with van der Waals surface area (Å²) in [5.41, 5.74) is 1.08. The highest BCUT2D eigenvalue weighted by atomic mass is 16.7. The van der Waals surface area contributed by atoms with Crippen LogP contribution in [0.3, 0.4) is 0 Å². The molecule has 7 heteroatoms. The van der Waals surface area contributed by atoms with Crippen LogP contribution in [0.4, 0.5) is 0 Å². The molecular weight excluding hydrogens is 388 g/mol. The zero-order valence-corrected chi connectivity index (χ0v) is 18.5. The summed E-state index contributed by atoms with van der Waals surface area (Å²) < 4.78 is 27.0. The Kier molecular flexibility index (Phi) is 10.3. The Morgan fingerprint density at radius 2 is 1.40 bits per heavy atom. The van der Waals surface area contributed by atoms with Gasteiger partial charge < -0.3 is 23.7 Å². The highest BCUT2D eigenvalue weighted by molar-refractivity contribution is 5.87. The summed E-state index contributed by atoms with van der Waals surface area (Å²) in [4.78, 5) is 22.7. The molecule has 0 aromatic heterocycles. The zero-order valence-electron chi connectivity index (χ0n) is 18.5. The number of rotatable bonds is 13. The van der Waals surface area contributed by atoms with Crippen LogP contribution >= 0.6 is 0 Å². The van der Waals surface area contributed by atoms with Gasteiger partial charge in [-0.05, 0) is 52.3 Å². The van der Waals surface area contributed by atoms with Crippen LogP contribution in [0.25, 0.3) is 0 Å². The summed E-state index contributed by atoms with van der Waals surface area (Å²) in [7, 11) is 0. The van der Waals surface area contributed by atoms with Gasteiger partial charge in [-0.3, -0.25) is 0 Å². The van der Waals surface area contributed by atoms with Crippen LogP contribution in [0.15, 0.2) is 48.6 Å². The second-order valence-electron chi connectivity index (χ2n) is 7.27. The van der Waals surface area contributed by atoms with Crippen LogP contribution in [0.5, 0.6) is 5.75 Å². The molecule has 0 heterocycles. The van der Waals surface area contributed by atoms with Crippen molar-refractivity contribution in [2.75, 3.05) is 26.4 Å². The predicted molar refractivity (Wildman–Crippen MR) is 113 cm³/mol. The van der Waals surface area contributed by atoms with Crippen LogP contribution in [0.1, 0.15) is 40.2 Å². The minimum absolute atomic E-state index is 0.130. The topological polar surface area (TPSA) is 80.3 Å². The van der Waals surface area contributed by atoms with Gasteiger partial charge in [0, 0.05) is 11.1 Å². The van der Waals surface area contributed by atoms with Gasteiger partial charge in [0.1, 0.15) is 19.0 Å². The molecule has 1 unspecified atom stereocenters. The van der Waals surface area contributed by atoms with E-state index < -0.39 is 23.8 Å². The molecule has 1 aromatic rings. The van der Waals surface area contributed by atoms with Gasteiger partial charge in [0.2, 0.25) is 0 Å². The van der Waals surface area contributed by atoms with E-state index in [9.17, 15) is 9.59 Å². The van der Waals surface area contributed by atoms with Gasteiger partial charge in [0.25, 0.3) is 0 Å². The zero-order chi connectivity index (χ0) is 22.7. The fourth-order valence-corrected chi connectivity index (χ4v) is 2.27. The third-order valence-corrected chi connectivity index (χ3v) is 4.00. The van der Waals surface area contributed by atoms with Crippen molar-refractivity contribution in [2.24, 2.45) is 0 Å². The molecule has 0 saturated heterocycles. The average molecular weight is 421 g/mol. The quantitative estimate of drug-likeness (QED) is 0.207. The van der Waals surface area contributed by atoms with E-state index >= 15 is 0 Å². The Bertz CT molecular complexity index is 734. The molecule has 0 amide bonds. The lowest BCUT2D eigenvalue weighted by atomic mass is 9.98. The van der Waals surface area contributed by atoms with Gasteiger partial charge >= 0.3 is 11.9 Å². The minimum atomic E-state index is -0.566. The Morgan fingerprint density at radius 1 is 0.900 bits per heavy atom. The molecule has 1 rings (SSSR count). The number of carbonyl (C=O) groups is 2. The maximum atomic E-state index is 11.4.